The molecule has 1 saturated carbocycles. The molecule has 2 N–H and O–H groups in total. The van der Waals surface area contributed by atoms with Gasteiger partial charge in [0, 0.05) is 37.4 Å². The number of urea groups is 1. The summed E-state index contributed by atoms with van der Waals surface area (Å²) in [5.74, 6) is 1.10. The van der Waals surface area contributed by atoms with Crippen molar-refractivity contribution in [1.29, 1.82) is 0 Å². The first kappa shape index (κ1) is 13.9. The monoisotopic (exact) mass is 264 g/mol. The molecule has 5 heteroatoms. The van der Waals surface area contributed by atoms with Crippen LogP contribution < -0.4 is 10.6 Å². The van der Waals surface area contributed by atoms with Gasteiger partial charge in [0.15, 0.2) is 0 Å². The maximum absolute atomic E-state index is 11.3. The molecule has 19 heavy (non-hydrogen) atoms. The van der Waals surface area contributed by atoms with Gasteiger partial charge in [-0.1, -0.05) is 12.8 Å². The summed E-state index contributed by atoms with van der Waals surface area (Å²) in [5.41, 5.74) is 1.24. The molecule has 1 fully saturated rings. The average Bonchev–Trinajstić information content (AvgIpc) is 2.99. The zero-order chi connectivity index (χ0) is 13.7. The van der Waals surface area contributed by atoms with Gasteiger partial charge in [0.25, 0.3) is 0 Å². The normalized spacial score (nSPS) is 15.7. The van der Waals surface area contributed by atoms with Crippen LogP contribution in [0.4, 0.5) is 4.79 Å². The molecule has 0 unspecified atom stereocenters. The van der Waals surface area contributed by atoms with Crippen LogP contribution in [0.2, 0.25) is 0 Å². The number of hydrogen-bond acceptors (Lipinski definition) is 2. The molecule has 0 atom stereocenters. The Morgan fingerprint density at radius 2 is 2.16 bits per heavy atom. The third-order valence-corrected chi connectivity index (χ3v) is 3.72. The molecule has 5 nitrogen and oxygen atoms in total. The number of aryl methyl sites for hydroxylation is 1. The van der Waals surface area contributed by atoms with Crippen LogP contribution in [0.3, 0.4) is 0 Å². The molecule has 0 bridgehead atoms. The molecule has 0 saturated heterocycles. The number of rotatable bonds is 5. The lowest BCUT2D eigenvalue weighted by molar-refractivity contribution is 0.241. The number of carbonyl (C=O) groups excluding carboxylic acids is 1. The first-order chi connectivity index (χ1) is 9.22. The van der Waals surface area contributed by atoms with Crippen molar-refractivity contribution in [2.24, 2.45) is 0 Å². The van der Waals surface area contributed by atoms with Gasteiger partial charge in [0.2, 0.25) is 0 Å². The van der Waals surface area contributed by atoms with Gasteiger partial charge in [-0.2, -0.15) is 0 Å². The molecule has 2 rings (SSSR count). The Hall–Kier alpha value is -1.52. The van der Waals surface area contributed by atoms with Gasteiger partial charge in [-0.05, 0) is 26.7 Å². The lowest BCUT2D eigenvalue weighted by atomic mass is 10.2. The lowest BCUT2D eigenvalue weighted by Gasteiger charge is -2.17. The van der Waals surface area contributed by atoms with Crippen LogP contribution >= 0.6 is 0 Å². The van der Waals surface area contributed by atoms with Crippen molar-refractivity contribution in [3.63, 3.8) is 0 Å². The van der Waals surface area contributed by atoms with E-state index in [-0.39, 0.29) is 6.03 Å². The molecule has 1 aromatic rings. The Bertz CT molecular complexity index is 421. The van der Waals surface area contributed by atoms with Crippen molar-refractivity contribution in [2.45, 2.75) is 52.0 Å². The van der Waals surface area contributed by atoms with E-state index in [4.69, 9.17) is 0 Å². The maximum Gasteiger partial charge on any atom is 0.314 e. The largest absolute Gasteiger partial charge is 0.338 e. The molecule has 106 valence electrons. The Labute approximate surface area is 114 Å². The number of hydrogen-bond donors (Lipinski definition) is 2. The van der Waals surface area contributed by atoms with E-state index in [1.165, 1.54) is 31.4 Å². The van der Waals surface area contributed by atoms with Crippen LogP contribution in [0.5, 0.6) is 0 Å². The van der Waals surface area contributed by atoms with E-state index >= 15 is 0 Å². The summed E-state index contributed by atoms with van der Waals surface area (Å²) < 4.78 is 2.37. The van der Waals surface area contributed by atoms with E-state index < -0.39 is 0 Å². The first-order valence-electron chi connectivity index (χ1n) is 7.26. The Balaban J connectivity index is 1.91. The second-order valence-corrected chi connectivity index (χ2v) is 5.16. The summed E-state index contributed by atoms with van der Waals surface area (Å²) in [7, 11) is 0. The van der Waals surface area contributed by atoms with Crippen molar-refractivity contribution >= 4 is 6.03 Å². The number of amides is 2. The second-order valence-electron chi connectivity index (χ2n) is 5.16. The fourth-order valence-electron chi connectivity index (χ4n) is 2.85. The van der Waals surface area contributed by atoms with Crippen LogP contribution in [0.1, 0.15) is 50.2 Å². The van der Waals surface area contributed by atoms with Gasteiger partial charge in [-0.25, -0.2) is 9.78 Å². The number of nitrogens with zero attached hydrogens (tertiary/aromatic N) is 2. The van der Waals surface area contributed by atoms with Gasteiger partial charge in [0.05, 0.1) is 0 Å². The highest BCUT2D eigenvalue weighted by atomic mass is 16.2. The molecule has 0 spiro atoms. The summed E-state index contributed by atoms with van der Waals surface area (Å²) in [6.45, 7) is 5.32. The number of aromatic nitrogens is 2. The summed E-state index contributed by atoms with van der Waals surface area (Å²) in [6, 6.07) is 0.514. The van der Waals surface area contributed by atoms with Crippen molar-refractivity contribution in [3.05, 3.63) is 17.7 Å². The van der Waals surface area contributed by atoms with Crippen molar-refractivity contribution < 1.29 is 4.79 Å². The highest BCUT2D eigenvalue weighted by molar-refractivity contribution is 5.73. The van der Waals surface area contributed by atoms with Crippen LogP contribution in [0, 0.1) is 6.92 Å². The van der Waals surface area contributed by atoms with E-state index in [0.717, 1.165) is 12.2 Å². The number of carbonyl (C=O) groups is 1. The molecule has 1 aromatic heterocycles. The minimum Gasteiger partial charge on any atom is -0.338 e. The predicted molar refractivity (Wildman–Crippen MR) is 75.2 cm³/mol. The molecule has 0 aromatic carbocycles. The number of imidazole rings is 1. The van der Waals surface area contributed by atoms with Gasteiger partial charge < -0.3 is 15.2 Å². The van der Waals surface area contributed by atoms with Crippen LogP contribution in [-0.4, -0.2) is 28.7 Å². The Kier molecular flexibility index (Phi) is 4.82. The molecular weight excluding hydrogens is 240 g/mol. The summed E-state index contributed by atoms with van der Waals surface area (Å²) >= 11 is 0. The lowest BCUT2D eigenvalue weighted by Crippen LogP contribution is -2.36. The molecule has 0 radical (unpaired) electrons. The quantitative estimate of drug-likeness (QED) is 0.856. The number of nitrogens with one attached hydrogen (secondary N) is 2. The van der Waals surface area contributed by atoms with Crippen LogP contribution in [0.15, 0.2) is 6.20 Å². The smallest absolute Gasteiger partial charge is 0.314 e. The minimum absolute atomic E-state index is 0.0989. The fourth-order valence-corrected chi connectivity index (χ4v) is 2.85. The highest BCUT2D eigenvalue weighted by Gasteiger charge is 2.20. The van der Waals surface area contributed by atoms with Gasteiger partial charge in [0.1, 0.15) is 5.82 Å². The Morgan fingerprint density at radius 3 is 2.84 bits per heavy atom. The molecule has 1 aliphatic rings. The molecule has 1 aliphatic carbocycles. The summed E-state index contributed by atoms with van der Waals surface area (Å²) in [5, 5.41) is 5.59. The average molecular weight is 264 g/mol. The predicted octanol–water partition coefficient (Wildman–Crippen LogP) is 2.17. The van der Waals surface area contributed by atoms with E-state index in [2.05, 4.69) is 27.1 Å². The summed E-state index contributed by atoms with van der Waals surface area (Å²) in [4.78, 5) is 15.8. The zero-order valence-corrected chi connectivity index (χ0v) is 11.9. The maximum atomic E-state index is 11.3. The third kappa shape index (κ3) is 3.49. The van der Waals surface area contributed by atoms with E-state index in [1.54, 1.807) is 0 Å². The topological polar surface area (TPSA) is 59.0 Å². The van der Waals surface area contributed by atoms with Gasteiger partial charge in [-0.15, -0.1) is 0 Å². The van der Waals surface area contributed by atoms with Crippen molar-refractivity contribution in [1.82, 2.24) is 20.2 Å². The zero-order valence-electron chi connectivity index (χ0n) is 11.9. The minimum atomic E-state index is -0.0989. The van der Waals surface area contributed by atoms with Crippen molar-refractivity contribution in [3.8, 4) is 0 Å². The summed E-state index contributed by atoms with van der Waals surface area (Å²) in [6.07, 6.45) is 7.89. The van der Waals surface area contributed by atoms with Crippen LogP contribution in [-0.2, 0) is 6.42 Å². The van der Waals surface area contributed by atoms with Gasteiger partial charge >= 0.3 is 6.03 Å². The molecule has 2 amide bonds. The van der Waals surface area contributed by atoms with Gasteiger partial charge in [-0.3, -0.25) is 0 Å². The third-order valence-electron chi connectivity index (χ3n) is 3.72. The SMILES string of the molecule is CCNC(=O)NCCc1ncc(C)n1C1CCCC1. The Morgan fingerprint density at radius 1 is 1.42 bits per heavy atom. The standard InChI is InChI=1S/C14H24N4O/c1-3-15-14(19)16-9-8-13-17-10-11(2)18(13)12-6-4-5-7-12/h10,12H,3-9H2,1-2H3,(H2,15,16,19). The van der Waals surface area contributed by atoms with E-state index in [1.807, 2.05) is 13.1 Å². The highest BCUT2D eigenvalue weighted by Crippen LogP contribution is 2.31. The van der Waals surface area contributed by atoms with E-state index in [9.17, 15) is 4.79 Å². The van der Waals surface area contributed by atoms with E-state index in [0.29, 0.717) is 19.1 Å². The molecular formula is C14H24N4O. The van der Waals surface area contributed by atoms with Crippen molar-refractivity contribution in [2.75, 3.05) is 13.1 Å². The fraction of sp³-hybridized carbons (Fsp3) is 0.714. The second kappa shape index (κ2) is 6.59. The molecule has 0 aliphatic heterocycles. The van der Waals surface area contributed by atoms with Crippen LogP contribution in [0.25, 0.3) is 0 Å². The molecule has 1 heterocycles. The first-order valence-corrected chi connectivity index (χ1v) is 7.26.